The molecule has 164 valence electrons. The smallest absolute Gasteiger partial charge is 0.295 e. The summed E-state index contributed by atoms with van der Waals surface area (Å²) in [5.74, 6) is -0.671. The predicted molar refractivity (Wildman–Crippen MR) is 121 cm³/mol. The van der Waals surface area contributed by atoms with E-state index >= 15 is 0 Å². The van der Waals surface area contributed by atoms with Crippen LogP contribution in [0.5, 0.6) is 5.75 Å². The van der Waals surface area contributed by atoms with E-state index in [1.54, 1.807) is 29.2 Å². The fraction of sp³-hybridized carbons (Fsp3) is 0.360. The summed E-state index contributed by atoms with van der Waals surface area (Å²) in [6.45, 7) is 5.11. The zero-order valence-corrected chi connectivity index (χ0v) is 18.5. The van der Waals surface area contributed by atoms with Crippen molar-refractivity contribution in [2.45, 2.75) is 32.4 Å². The molecule has 1 amide bonds. The number of aliphatic hydroxyl groups excluding tert-OH is 1. The number of hydrogen-bond donors (Lipinski definition) is 1. The molecule has 6 heteroatoms. The number of benzene rings is 2. The van der Waals surface area contributed by atoms with Crippen LogP contribution < -0.4 is 4.74 Å². The molecular weight excluding hydrogens is 392 g/mol. The van der Waals surface area contributed by atoms with E-state index in [0.29, 0.717) is 17.9 Å². The number of ether oxygens (including phenoxy) is 1. The van der Waals surface area contributed by atoms with E-state index in [-0.39, 0.29) is 17.4 Å². The van der Waals surface area contributed by atoms with Crippen LogP contribution in [0.25, 0.3) is 5.76 Å². The van der Waals surface area contributed by atoms with Crippen molar-refractivity contribution in [3.05, 3.63) is 71.3 Å². The Hall–Kier alpha value is -3.12. The van der Waals surface area contributed by atoms with Crippen molar-refractivity contribution in [2.24, 2.45) is 0 Å². The molecule has 0 bridgehead atoms. The summed E-state index contributed by atoms with van der Waals surface area (Å²) in [7, 11) is 3.93. The van der Waals surface area contributed by atoms with Crippen LogP contribution in [0.2, 0.25) is 0 Å². The van der Waals surface area contributed by atoms with Crippen molar-refractivity contribution in [3.8, 4) is 5.75 Å². The maximum Gasteiger partial charge on any atom is 0.295 e. The van der Waals surface area contributed by atoms with Crippen molar-refractivity contribution in [2.75, 3.05) is 27.2 Å². The summed E-state index contributed by atoms with van der Waals surface area (Å²) < 4.78 is 5.72. The molecule has 3 rings (SSSR count). The fourth-order valence-corrected chi connectivity index (χ4v) is 3.77. The highest BCUT2D eigenvalue weighted by molar-refractivity contribution is 6.46. The Morgan fingerprint density at radius 1 is 1.06 bits per heavy atom. The highest BCUT2D eigenvalue weighted by Gasteiger charge is 2.45. The molecule has 1 N–H and O–H groups in total. The highest BCUT2D eigenvalue weighted by atomic mass is 16.5. The number of carbonyl (C=O) groups is 2. The number of carbonyl (C=O) groups excluding carboxylic acids is 2. The largest absolute Gasteiger partial charge is 0.507 e. The van der Waals surface area contributed by atoms with Gasteiger partial charge in [-0.25, -0.2) is 0 Å². The Bertz CT molecular complexity index is 949. The van der Waals surface area contributed by atoms with Gasteiger partial charge in [0.15, 0.2) is 0 Å². The summed E-state index contributed by atoms with van der Waals surface area (Å²) in [6, 6.07) is 15.6. The van der Waals surface area contributed by atoms with E-state index in [0.717, 1.165) is 18.5 Å². The monoisotopic (exact) mass is 422 g/mol. The minimum absolute atomic E-state index is 0.0422. The van der Waals surface area contributed by atoms with E-state index in [1.807, 2.05) is 63.2 Å². The molecule has 0 saturated carbocycles. The lowest BCUT2D eigenvalue weighted by molar-refractivity contribution is -0.139. The molecule has 0 aromatic heterocycles. The van der Waals surface area contributed by atoms with Gasteiger partial charge in [0.1, 0.15) is 11.5 Å². The van der Waals surface area contributed by atoms with Crippen LogP contribution in [0.1, 0.15) is 37.4 Å². The van der Waals surface area contributed by atoms with Gasteiger partial charge in [-0.2, -0.15) is 0 Å². The van der Waals surface area contributed by atoms with Gasteiger partial charge >= 0.3 is 0 Å². The molecule has 1 atom stereocenters. The van der Waals surface area contributed by atoms with E-state index in [1.165, 1.54) is 0 Å². The van der Waals surface area contributed by atoms with Gasteiger partial charge in [-0.1, -0.05) is 42.5 Å². The second kappa shape index (κ2) is 9.79. The van der Waals surface area contributed by atoms with Gasteiger partial charge in [0.2, 0.25) is 0 Å². The summed E-state index contributed by atoms with van der Waals surface area (Å²) in [6.07, 6.45) is 0.761. The van der Waals surface area contributed by atoms with Gasteiger partial charge in [-0.15, -0.1) is 0 Å². The van der Waals surface area contributed by atoms with E-state index in [4.69, 9.17) is 4.74 Å². The molecule has 1 aliphatic heterocycles. The molecular formula is C25H30N2O4. The summed E-state index contributed by atoms with van der Waals surface area (Å²) >= 11 is 0. The first-order valence-electron chi connectivity index (χ1n) is 10.5. The van der Waals surface area contributed by atoms with Crippen molar-refractivity contribution in [1.82, 2.24) is 9.80 Å². The molecule has 0 aliphatic carbocycles. The third-order valence-electron chi connectivity index (χ3n) is 5.16. The van der Waals surface area contributed by atoms with Gasteiger partial charge in [0, 0.05) is 12.1 Å². The van der Waals surface area contributed by atoms with Gasteiger partial charge in [-0.05, 0) is 58.6 Å². The van der Waals surface area contributed by atoms with Crippen LogP contribution in [-0.4, -0.2) is 59.9 Å². The summed E-state index contributed by atoms with van der Waals surface area (Å²) in [5, 5.41) is 11.0. The molecule has 0 unspecified atom stereocenters. The number of ketones is 1. The second-order valence-corrected chi connectivity index (χ2v) is 8.25. The minimum atomic E-state index is -0.654. The first-order chi connectivity index (χ1) is 14.8. The molecule has 0 radical (unpaired) electrons. The second-order valence-electron chi connectivity index (χ2n) is 8.25. The Kier molecular flexibility index (Phi) is 7.13. The summed E-state index contributed by atoms with van der Waals surface area (Å²) in [4.78, 5) is 29.5. The third-order valence-corrected chi connectivity index (χ3v) is 5.16. The first-order valence-corrected chi connectivity index (χ1v) is 10.5. The van der Waals surface area contributed by atoms with Crippen molar-refractivity contribution < 1.29 is 19.4 Å². The number of amides is 1. The van der Waals surface area contributed by atoms with Crippen LogP contribution >= 0.6 is 0 Å². The number of likely N-dealkylation sites (tertiary alicyclic amines) is 1. The molecule has 1 aliphatic rings. The van der Waals surface area contributed by atoms with E-state index in [2.05, 4.69) is 0 Å². The predicted octanol–water partition coefficient (Wildman–Crippen LogP) is 3.85. The van der Waals surface area contributed by atoms with Crippen LogP contribution in [0.3, 0.4) is 0 Å². The van der Waals surface area contributed by atoms with E-state index in [9.17, 15) is 14.7 Å². The lowest BCUT2D eigenvalue weighted by Crippen LogP contribution is -2.32. The van der Waals surface area contributed by atoms with Crippen molar-refractivity contribution in [3.63, 3.8) is 0 Å². The van der Waals surface area contributed by atoms with Crippen LogP contribution in [-0.2, 0) is 9.59 Å². The van der Waals surface area contributed by atoms with Gasteiger partial charge < -0.3 is 19.6 Å². The third kappa shape index (κ3) is 5.14. The Labute approximate surface area is 183 Å². The number of rotatable bonds is 8. The molecule has 0 spiro atoms. The number of hydrogen-bond acceptors (Lipinski definition) is 5. The Morgan fingerprint density at radius 2 is 1.71 bits per heavy atom. The highest BCUT2D eigenvalue weighted by Crippen LogP contribution is 2.39. The van der Waals surface area contributed by atoms with E-state index < -0.39 is 17.7 Å². The Balaban J connectivity index is 2.04. The molecule has 1 fully saturated rings. The van der Waals surface area contributed by atoms with Crippen LogP contribution in [0, 0.1) is 0 Å². The fourth-order valence-electron chi connectivity index (χ4n) is 3.77. The number of aliphatic hydroxyl groups is 1. The van der Waals surface area contributed by atoms with Gasteiger partial charge in [-0.3, -0.25) is 9.59 Å². The molecule has 6 nitrogen and oxygen atoms in total. The first kappa shape index (κ1) is 22.6. The van der Waals surface area contributed by atoms with Crippen LogP contribution in [0.4, 0.5) is 0 Å². The molecule has 1 saturated heterocycles. The summed E-state index contributed by atoms with van der Waals surface area (Å²) in [5.41, 5.74) is 1.40. The standard InChI is InChI=1S/C25H30N2O4/c1-17(2)31-20-13-11-18(12-14-20)22-21(23(28)19-9-6-5-7-10-19)24(29)25(30)27(22)16-8-15-26(3)4/h5-7,9-14,17,22,28H,8,15-16H2,1-4H3/t22-/m1/s1. The number of nitrogens with zero attached hydrogens (tertiary/aromatic N) is 2. The van der Waals surface area contributed by atoms with Crippen molar-refractivity contribution in [1.29, 1.82) is 0 Å². The molecule has 2 aromatic carbocycles. The molecule has 2 aromatic rings. The van der Waals surface area contributed by atoms with Gasteiger partial charge in [0.25, 0.3) is 11.7 Å². The maximum absolute atomic E-state index is 13.0. The van der Waals surface area contributed by atoms with Gasteiger partial charge in [0.05, 0.1) is 17.7 Å². The zero-order valence-electron chi connectivity index (χ0n) is 18.5. The maximum atomic E-state index is 13.0. The lowest BCUT2D eigenvalue weighted by atomic mass is 9.95. The molecule has 1 heterocycles. The SMILES string of the molecule is CC(C)Oc1ccc([C@@H]2C(=C(O)c3ccccc3)C(=O)C(=O)N2CCCN(C)C)cc1. The quantitative estimate of drug-likeness (QED) is 0.398. The zero-order chi connectivity index (χ0) is 22.5. The average Bonchev–Trinajstić information content (AvgIpc) is 2.99. The molecule has 31 heavy (non-hydrogen) atoms. The van der Waals surface area contributed by atoms with Crippen LogP contribution in [0.15, 0.2) is 60.2 Å². The Morgan fingerprint density at radius 3 is 2.29 bits per heavy atom. The minimum Gasteiger partial charge on any atom is -0.507 e. The lowest BCUT2D eigenvalue weighted by Gasteiger charge is -2.26. The van der Waals surface area contributed by atoms with Crippen molar-refractivity contribution >= 4 is 17.4 Å². The normalized spacial score (nSPS) is 18.3. The average molecular weight is 423 g/mol. The topological polar surface area (TPSA) is 70.1 Å². The number of Topliss-reactive ketones (excluding diaryl/α,β-unsaturated/α-hetero) is 1.